The summed E-state index contributed by atoms with van der Waals surface area (Å²) >= 11 is 12.1. The van der Waals surface area contributed by atoms with E-state index < -0.39 is 0 Å². The van der Waals surface area contributed by atoms with Gasteiger partial charge in [0.25, 0.3) is 0 Å². The molecule has 0 saturated carbocycles. The molecule has 1 aromatic heterocycles. The number of hydrogen-bond donors (Lipinski definition) is 2. The average Bonchev–Trinajstić information content (AvgIpc) is 2.49. The topological polar surface area (TPSA) is 49.8 Å². The molecule has 0 aliphatic heterocycles. The molecular formula is C17H22Cl2N4. The highest BCUT2D eigenvalue weighted by Crippen LogP contribution is 2.21. The van der Waals surface area contributed by atoms with Gasteiger partial charge in [0.05, 0.1) is 0 Å². The second-order valence-corrected chi connectivity index (χ2v) is 6.43. The number of nitrogens with zero attached hydrogens (tertiary/aromatic N) is 2. The van der Waals surface area contributed by atoms with Gasteiger partial charge in [-0.3, -0.25) is 0 Å². The van der Waals surface area contributed by atoms with E-state index in [1.165, 1.54) is 0 Å². The predicted octanol–water partition coefficient (Wildman–Crippen LogP) is 4.96. The average molecular weight is 353 g/mol. The van der Waals surface area contributed by atoms with Crippen LogP contribution in [-0.4, -0.2) is 22.6 Å². The minimum Gasteiger partial charge on any atom is -0.367 e. The van der Waals surface area contributed by atoms with Crippen LogP contribution in [0.5, 0.6) is 0 Å². The Balaban J connectivity index is 1.97. The first-order valence-electron chi connectivity index (χ1n) is 7.78. The number of benzene rings is 1. The van der Waals surface area contributed by atoms with E-state index in [4.69, 9.17) is 23.2 Å². The van der Waals surface area contributed by atoms with E-state index in [0.717, 1.165) is 29.9 Å². The van der Waals surface area contributed by atoms with Gasteiger partial charge in [0, 0.05) is 34.4 Å². The zero-order chi connectivity index (χ0) is 16.8. The van der Waals surface area contributed by atoms with E-state index in [9.17, 15) is 0 Å². The molecule has 0 saturated heterocycles. The fraction of sp³-hybridized carbons (Fsp3) is 0.412. The lowest BCUT2D eigenvalue weighted by molar-refractivity contribution is 0.758. The monoisotopic (exact) mass is 352 g/mol. The predicted molar refractivity (Wildman–Crippen MR) is 98.8 cm³/mol. The van der Waals surface area contributed by atoms with Crippen molar-refractivity contribution in [3.8, 4) is 0 Å². The van der Waals surface area contributed by atoms with Crippen molar-refractivity contribution in [1.82, 2.24) is 9.97 Å². The first-order chi connectivity index (χ1) is 11.0. The van der Waals surface area contributed by atoms with Crippen molar-refractivity contribution in [2.45, 2.75) is 39.7 Å². The molecule has 124 valence electrons. The molecule has 4 nitrogen and oxygen atoms in total. The molecule has 1 aromatic carbocycles. The van der Waals surface area contributed by atoms with Gasteiger partial charge in [0.2, 0.25) is 5.95 Å². The SMILES string of the molecule is CCC(C)Nc1cc(C)nc(NCCc2ccc(Cl)cc2Cl)n1. The number of rotatable bonds is 7. The number of aryl methyl sites for hydroxylation is 1. The third-order valence-corrected chi connectivity index (χ3v) is 4.14. The molecule has 1 heterocycles. The summed E-state index contributed by atoms with van der Waals surface area (Å²) in [6, 6.07) is 7.88. The van der Waals surface area contributed by atoms with E-state index in [1.54, 1.807) is 6.07 Å². The van der Waals surface area contributed by atoms with Crippen LogP contribution in [0.25, 0.3) is 0 Å². The van der Waals surface area contributed by atoms with Crippen LogP contribution < -0.4 is 10.6 Å². The zero-order valence-corrected chi connectivity index (χ0v) is 15.2. The summed E-state index contributed by atoms with van der Waals surface area (Å²) < 4.78 is 0. The molecule has 2 rings (SSSR count). The van der Waals surface area contributed by atoms with E-state index in [2.05, 4.69) is 34.4 Å². The number of halogens is 2. The Morgan fingerprint density at radius 1 is 1.17 bits per heavy atom. The molecule has 1 unspecified atom stereocenters. The van der Waals surface area contributed by atoms with Gasteiger partial charge in [0.1, 0.15) is 5.82 Å². The third kappa shape index (κ3) is 5.56. The highest BCUT2D eigenvalue weighted by molar-refractivity contribution is 6.35. The molecular weight excluding hydrogens is 331 g/mol. The van der Waals surface area contributed by atoms with Gasteiger partial charge in [-0.05, 0) is 44.4 Å². The Hall–Kier alpha value is -1.52. The van der Waals surface area contributed by atoms with Gasteiger partial charge in [-0.25, -0.2) is 4.98 Å². The van der Waals surface area contributed by atoms with Crippen LogP contribution in [0.3, 0.4) is 0 Å². The molecule has 2 N–H and O–H groups in total. The minimum atomic E-state index is 0.380. The van der Waals surface area contributed by atoms with Crippen molar-refractivity contribution < 1.29 is 0 Å². The molecule has 0 aliphatic rings. The lowest BCUT2D eigenvalue weighted by Gasteiger charge is -2.14. The fourth-order valence-corrected chi connectivity index (χ4v) is 2.61. The van der Waals surface area contributed by atoms with E-state index in [0.29, 0.717) is 28.6 Å². The second-order valence-electron chi connectivity index (χ2n) is 5.58. The summed E-state index contributed by atoms with van der Waals surface area (Å²) in [5.74, 6) is 1.47. The summed E-state index contributed by atoms with van der Waals surface area (Å²) in [6.07, 6.45) is 1.82. The minimum absolute atomic E-state index is 0.380. The van der Waals surface area contributed by atoms with Gasteiger partial charge in [-0.2, -0.15) is 4.98 Å². The summed E-state index contributed by atoms with van der Waals surface area (Å²) in [6.45, 7) is 6.94. The molecule has 2 aromatic rings. The lowest BCUT2D eigenvalue weighted by Crippen LogP contribution is -2.16. The van der Waals surface area contributed by atoms with Gasteiger partial charge in [0.15, 0.2) is 0 Å². The smallest absolute Gasteiger partial charge is 0.224 e. The highest BCUT2D eigenvalue weighted by atomic mass is 35.5. The molecule has 0 radical (unpaired) electrons. The quantitative estimate of drug-likeness (QED) is 0.739. The van der Waals surface area contributed by atoms with Crippen LogP contribution in [0.4, 0.5) is 11.8 Å². The first-order valence-corrected chi connectivity index (χ1v) is 8.53. The van der Waals surface area contributed by atoms with Crippen LogP contribution in [0, 0.1) is 6.92 Å². The fourth-order valence-electron chi connectivity index (χ4n) is 2.11. The molecule has 0 bridgehead atoms. The van der Waals surface area contributed by atoms with Gasteiger partial charge >= 0.3 is 0 Å². The van der Waals surface area contributed by atoms with E-state index in [1.807, 2.05) is 25.1 Å². The van der Waals surface area contributed by atoms with Crippen LogP contribution >= 0.6 is 23.2 Å². The molecule has 0 fully saturated rings. The number of hydrogen-bond acceptors (Lipinski definition) is 4. The number of anilines is 2. The lowest BCUT2D eigenvalue weighted by atomic mass is 10.1. The molecule has 1 atom stereocenters. The first kappa shape index (κ1) is 17.8. The van der Waals surface area contributed by atoms with Crippen molar-refractivity contribution in [2.75, 3.05) is 17.2 Å². The van der Waals surface area contributed by atoms with Crippen LogP contribution in [0.15, 0.2) is 24.3 Å². The highest BCUT2D eigenvalue weighted by Gasteiger charge is 2.06. The number of nitrogens with one attached hydrogen (secondary N) is 2. The van der Waals surface area contributed by atoms with E-state index >= 15 is 0 Å². The van der Waals surface area contributed by atoms with Crippen LogP contribution in [0.1, 0.15) is 31.5 Å². The van der Waals surface area contributed by atoms with Gasteiger partial charge in [-0.15, -0.1) is 0 Å². The Morgan fingerprint density at radius 2 is 1.96 bits per heavy atom. The van der Waals surface area contributed by atoms with Gasteiger partial charge < -0.3 is 10.6 Å². The Morgan fingerprint density at radius 3 is 2.65 bits per heavy atom. The summed E-state index contributed by atoms with van der Waals surface area (Å²) in [4.78, 5) is 8.92. The van der Waals surface area contributed by atoms with Crippen molar-refractivity contribution in [2.24, 2.45) is 0 Å². The summed E-state index contributed by atoms with van der Waals surface area (Å²) in [7, 11) is 0. The molecule has 0 amide bonds. The second kappa shape index (κ2) is 8.37. The Kier molecular flexibility index (Phi) is 6.48. The van der Waals surface area contributed by atoms with Crippen LogP contribution in [0.2, 0.25) is 10.0 Å². The van der Waals surface area contributed by atoms with Crippen molar-refractivity contribution in [1.29, 1.82) is 0 Å². The maximum absolute atomic E-state index is 6.18. The van der Waals surface area contributed by atoms with Crippen molar-refractivity contribution >= 4 is 35.0 Å². The largest absolute Gasteiger partial charge is 0.367 e. The molecule has 0 aliphatic carbocycles. The summed E-state index contributed by atoms with van der Waals surface area (Å²) in [5.41, 5.74) is 1.98. The van der Waals surface area contributed by atoms with Crippen molar-refractivity contribution in [3.05, 3.63) is 45.6 Å². The van der Waals surface area contributed by atoms with Crippen LogP contribution in [-0.2, 0) is 6.42 Å². The Labute approximate surface area is 147 Å². The number of aromatic nitrogens is 2. The van der Waals surface area contributed by atoms with E-state index in [-0.39, 0.29) is 0 Å². The summed E-state index contributed by atoms with van der Waals surface area (Å²) in [5, 5.41) is 7.95. The normalized spacial score (nSPS) is 12.0. The molecule has 23 heavy (non-hydrogen) atoms. The zero-order valence-electron chi connectivity index (χ0n) is 13.7. The Bertz CT molecular complexity index is 661. The van der Waals surface area contributed by atoms with Crippen molar-refractivity contribution in [3.63, 3.8) is 0 Å². The molecule has 0 spiro atoms. The third-order valence-electron chi connectivity index (χ3n) is 3.55. The van der Waals surface area contributed by atoms with Gasteiger partial charge in [-0.1, -0.05) is 36.2 Å². The standard InChI is InChI=1S/C17H22Cl2N4/c1-4-11(2)21-16-9-12(3)22-17(23-16)20-8-7-13-5-6-14(18)10-15(13)19/h5-6,9-11H,4,7-8H2,1-3H3,(H2,20,21,22,23). The molecule has 6 heteroatoms. The maximum atomic E-state index is 6.18. The maximum Gasteiger partial charge on any atom is 0.224 e.